The Morgan fingerprint density at radius 2 is 1.90 bits per heavy atom. The molecule has 3 fully saturated rings. The molecule has 0 aliphatic carbocycles. The lowest BCUT2D eigenvalue weighted by molar-refractivity contribution is -0.143. The smallest absolute Gasteiger partial charge is 0.222 e. The summed E-state index contributed by atoms with van der Waals surface area (Å²) in [7, 11) is 0. The van der Waals surface area contributed by atoms with Crippen LogP contribution in [0.25, 0.3) is 0 Å². The van der Waals surface area contributed by atoms with Crippen molar-refractivity contribution < 1.29 is 4.79 Å². The molecule has 4 rings (SSSR count). The van der Waals surface area contributed by atoms with Crippen LogP contribution in [-0.2, 0) is 11.2 Å². The lowest BCUT2D eigenvalue weighted by Gasteiger charge is -2.56. The quantitative estimate of drug-likeness (QED) is 0.821. The van der Waals surface area contributed by atoms with Crippen LogP contribution in [0.1, 0.15) is 31.7 Å². The number of carbonyl (C=O) groups is 1. The number of aryl methyl sites for hydroxylation is 1. The first kappa shape index (κ1) is 13.6. The number of hydrogen-bond donors (Lipinski definition) is 0. The number of benzene rings is 1. The number of nitrogens with zero attached hydrogens (tertiary/aromatic N) is 2. The van der Waals surface area contributed by atoms with Gasteiger partial charge in [0.05, 0.1) is 0 Å². The molecule has 3 heterocycles. The van der Waals surface area contributed by atoms with Crippen LogP contribution < -0.4 is 0 Å². The first-order valence-corrected chi connectivity index (χ1v) is 7.85. The molecule has 3 saturated heterocycles. The van der Waals surface area contributed by atoms with E-state index in [1.807, 2.05) is 6.92 Å². The molecular formula is C17H24N2O. The van der Waals surface area contributed by atoms with Crippen molar-refractivity contribution in [3.63, 3.8) is 0 Å². The van der Waals surface area contributed by atoms with Crippen LogP contribution in [0.15, 0.2) is 30.3 Å². The largest absolute Gasteiger partial charge is 0.340 e. The van der Waals surface area contributed by atoms with E-state index in [4.69, 9.17) is 0 Å². The van der Waals surface area contributed by atoms with E-state index in [1.54, 1.807) is 0 Å². The number of piperazine rings is 1. The third kappa shape index (κ3) is 2.73. The van der Waals surface area contributed by atoms with E-state index in [1.165, 1.54) is 24.9 Å². The monoisotopic (exact) mass is 272 g/mol. The van der Waals surface area contributed by atoms with Crippen molar-refractivity contribution in [2.75, 3.05) is 19.6 Å². The van der Waals surface area contributed by atoms with E-state index in [0.29, 0.717) is 24.4 Å². The van der Waals surface area contributed by atoms with Gasteiger partial charge in [0.2, 0.25) is 5.91 Å². The van der Waals surface area contributed by atoms with E-state index in [0.717, 1.165) is 19.5 Å². The van der Waals surface area contributed by atoms with Gasteiger partial charge in [-0.2, -0.15) is 0 Å². The summed E-state index contributed by atoms with van der Waals surface area (Å²) in [5.74, 6) is 0.323. The highest BCUT2D eigenvalue weighted by molar-refractivity contribution is 5.76. The molecule has 3 aliphatic rings. The van der Waals surface area contributed by atoms with E-state index in [-0.39, 0.29) is 0 Å². The Labute approximate surface area is 121 Å². The fourth-order valence-electron chi connectivity index (χ4n) is 3.59. The Kier molecular flexibility index (Phi) is 4.06. The molecule has 0 spiro atoms. The van der Waals surface area contributed by atoms with Crippen molar-refractivity contribution in [2.45, 2.75) is 44.7 Å². The summed E-state index contributed by atoms with van der Waals surface area (Å²) < 4.78 is 0. The topological polar surface area (TPSA) is 23.6 Å². The van der Waals surface area contributed by atoms with Gasteiger partial charge in [-0.3, -0.25) is 9.69 Å². The van der Waals surface area contributed by atoms with Crippen LogP contribution in [0.4, 0.5) is 0 Å². The van der Waals surface area contributed by atoms with E-state index >= 15 is 0 Å². The molecule has 2 atom stereocenters. The second-order valence-corrected chi connectivity index (χ2v) is 6.02. The van der Waals surface area contributed by atoms with Gasteiger partial charge < -0.3 is 4.90 Å². The van der Waals surface area contributed by atoms with Gasteiger partial charge in [-0.1, -0.05) is 37.3 Å². The number of amides is 1. The van der Waals surface area contributed by atoms with Crippen LogP contribution in [0.3, 0.4) is 0 Å². The maximum Gasteiger partial charge on any atom is 0.222 e. The van der Waals surface area contributed by atoms with Gasteiger partial charge in [-0.05, 0) is 31.4 Å². The minimum atomic E-state index is 0.323. The molecule has 1 amide bonds. The van der Waals surface area contributed by atoms with Crippen LogP contribution in [0.2, 0.25) is 0 Å². The number of rotatable bonds is 5. The predicted molar refractivity (Wildman–Crippen MR) is 80.5 cm³/mol. The molecule has 108 valence electrons. The van der Waals surface area contributed by atoms with Crippen molar-refractivity contribution in [1.82, 2.24) is 9.80 Å². The van der Waals surface area contributed by atoms with Crippen molar-refractivity contribution in [1.29, 1.82) is 0 Å². The summed E-state index contributed by atoms with van der Waals surface area (Å²) in [6.07, 6.45) is 4.32. The average molecular weight is 272 g/mol. The Hall–Kier alpha value is -1.35. The van der Waals surface area contributed by atoms with Gasteiger partial charge in [0, 0.05) is 31.6 Å². The zero-order chi connectivity index (χ0) is 13.9. The standard InChI is InChI=1S/C17H24N2O/c1-2-17(20)18-12-15-11-16(13-18)19(15)10-6-9-14-7-4-3-5-8-14/h3-5,7-8,15-16H,2,6,9-13H2,1H3. The minimum absolute atomic E-state index is 0.323. The molecule has 3 heteroatoms. The molecule has 20 heavy (non-hydrogen) atoms. The lowest BCUT2D eigenvalue weighted by Crippen LogP contribution is -2.69. The number of fused-ring (bicyclic) bond motifs is 2. The first-order valence-electron chi connectivity index (χ1n) is 7.85. The van der Waals surface area contributed by atoms with Gasteiger partial charge >= 0.3 is 0 Å². The third-order valence-electron chi connectivity index (χ3n) is 4.72. The van der Waals surface area contributed by atoms with E-state index in [2.05, 4.69) is 40.1 Å². The summed E-state index contributed by atoms with van der Waals surface area (Å²) >= 11 is 0. The maximum atomic E-state index is 11.7. The van der Waals surface area contributed by atoms with Crippen LogP contribution >= 0.6 is 0 Å². The summed E-state index contributed by atoms with van der Waals surface area (Å²) in [5.41, 5.74) is 1.43. The third-order valence-corrected chi connectivity index (χ3v) is 4.72. The molecule has 0 saturated carbocycles. The highest BCUT2D eigenvalue weighted by Crippen LogP contribution is 2.32. The summed E-state index contributed by atoms with van der Waals surface area (Å²) in [4.78, 5) is 16.4. The van der Waals surface area contributed by atoms with Gasteiger partial charge in [0.15, 0.2) is 0 Å². The Morgan fingerprint density at radius 3 is 2.55 bits per heavy atom. The molecule has 1 aromatic rings. The van der Waals surface area contributed by atoms with Gasteiger partial charge in [-0.25, -0.2) is 0 Å². The Morgan fingerprint density at radius 1 is 1.20 bits per heavy atom. The highest BCUT2D eigenvalue weighted by Gasteiger charge is 2.44. The Bertz CT molecular complexity index is 447. The number of hydrogen-bond acceptors (Lipinski definition) is 2. The lowest BCUT2D eigenvalue weighted by atomic mass is 9.87. The predicted octanol–water partition coefficient (Wildman–Crippen LogP) is 2.31. The molecule has 0 aromatic heterocycles. The summed E-state index contributed by atoms with van der Waals surface area (Å²) in [5, 5.41) is 0. The Balaban J connectivity index is 1.44. The fraction of sp³-hybridized carbons (Fsp3) is 0.588. The van der Waals surface area contributed by atoms with Gasteiger partial charge in [0.25, 0.3) is 0 Å². The minimum Gasteiger partial charge on any atom is -0.340 e. The normalized spacial score (nSPS) is 25.4. The molecule has 1 aromatic carbocycles. The molecule has 2 unspecified atom stereocenters. The van der Waals surface area contributed by atoms with Crippen molar-refractivity contribution >= 4 is 5.91 Å². The van der Waals surface area contributed by atoms with Crippen LogP contribution in [-0.4, -0.2) is 47.4 Å². The summed E-state index contributed by atoms with van der Waals surface area (Å²) in [6, 6.07) is 12.0. The SMILES string of the molecule is CCC(=O)N1CC2CC(C1)N2CCCc1ccccc1. The molecule has 3 nitrogen and oxygen atoms in total. The molecule has 0 N–H and O–H groups in total. The molecule has 0 radical (unpaired) electrons. The van der Waals surface area contributed by atoms with E-state index < -0.39 is 0 Å². The number of carbonyl (C=O) groups excluding carboxylic acids is 1. The fourth-order valence-corrected chi connectivity index (χ4v) is 3.59. The van der Waals surface area contributed by atoms with Crippen molar-refractivity contribution in [3.8, 4) is 0 Å². The second kappa shape index (κ2) is 5.96. The second-order valence-electron chi connectivity index (χ2n) is 6.02. The summed E-state index contributed by atoms with van der Waals surface area (Å²) in [6.45, 7) is 5.04. The van der Waals surface area contributed by atoms with Crippen molar-refractivity contribution in [2.24, 2.45) is 0 Å². The van der Waals surface area contributed by atoms with Crippen LogP contribution in [0.5, 0.6) is 0 Å². The zero-order valence-corrected chi connectivity index (χ0v) is 12.3. The van der Waals surface area contributed by atoms with Crippen LogP contribution in [0, 0.1) is 0 Å². The first-order chi connectivity index (χ1) is 9.78. The van der Waals surface area contributed by atoms with Crippen molar-refractivity contribution in [3.05, 3.63) is 35.9 Å². The molecular weight excluding hydrogens is 248 g/mol. The van der Waals surface area contributed by atoms with Gasteiger partial charge in [-0.15, -0.1) is 0 Å². The highest BCUT2D eigenvalue weighted by atomic mass is 16.2. The zero-order valence-electron chi connectivity index (χ0n) is 12.3. The molecule has 2 bridgehead atoms. The molecule has 3 aliphatic heterocycles. The maximum absolute atomic E-state index is 11.7. The number of piperidine rings is 1. The average Bonchev–Trinajstić information content (AvgIpc) is 2.51. The van der Waals surface area contributed by atoms with Gasteiger partial charge in [0.1, 0.15) is 0 Å². The van der Waals surface area contributed by atoms with E-state index in [9.17, 15) is 4.79 Å².